The Bertz CT molecular complexity index is 2090. The van der Waals surface area contributed by atoms with Crippen molar-refractivity contribution in [1.29, 1.82) is 0 Å². The molecule has 0 fully saturated rings. The summed E-state index contributed by atoms with van der Waals surface area (Å²) in [6, 6.07) is 36.2. The Morgan fingerprint density at radius 3 is 1.18 bits per heavy atom. The predicted molar refractivity (Wildman–Crippen MR) is 186 cm³/mol. The van der Waals surface area contributed by atoms with Gasteiger partial charge in [0.05, 0.1) is 11.4 Å². The first-order chi connectivity index (χ1) is 21.6. The van der Waals surface area contributed by atoms with Gasteiger partial charge in [-0.3, -0.25) is 9.97 Å². The maximum absolute atomic E-state index is 5.03. The summed E-state index contributed by atoms with van der Waals surface area (Å²) in [7, 11) is 0. The van der Waals surface area contributed by atoms with Crippen LogP contribution >= 0.6 is 0 Å². The fraction of sp³-hybridized carbons (Fsp3) is 0.209. The summed E-state index contributed by atoms with van der Waals surface area (Å²) >= 11 is 0. The monoisotopic (exact) mass is 580 g/mol. The number of pyridine rings is 2. The Labute approximate surface area is 265 Å². The molecule has 0 atom stereocenters. The number of hydrogen-bond acceptors (Lipinski definition) is 2. The second kappa shape index (κ2) is 8.67. The van der Waals surface area contributed by atoms with Gasteiger partial charge in [-0.05, 0) is 79.9 Å². The quantitative estimate of drug-likeness (QED) is 0.204. The van der Waals surface area contributed by atoms with Crippen LogP contribution in [0.2, 0.25) is 0 Å². The van der Waals surface area contributed by atoms with E-state index >= 15 is 0 Å². The first-order valence-electron chi connectivity index (χ1n) is 16.1. The molecule has 0 N–H and O–H groups in total. The van der Waals surface area contributed by atoms with E-state index < -0.39 is 0 Å². The lowest BCUT2D eigenvalue weighted by Crippen LogP contribution is -2.16. The van der Waals surface area contributed by atoms with Crippen LogP contribution in [0.1, 0.15) is 74.9 Å². The zero-order valence-electron chi connectivity index (χ0n) is 26.8. The van der Waals surface area contributed by atoms with Gasteiger partial charge in [-0.25, -0.2) is 0 Å². The minimum Gasteiger partial charge on any atom is -0.255 e. The summed E-state index contributed by atoms with van der Waals surface area (Å²) in [4.78, 5) is 10.1. The van der Waals surface area contributed by atoms with E-state index in [0.717, 1.165) is 11.4 Å². The van der Waals surface area contributed by atoms with Crippen LogP contribution < -0.4 is 0 Å². The second-order valence-electron chi connectivity index (χ2n) is 14.7. The molecule has 0 unspecified atom stereocenters. The Morgan fingerprint density at radius 2 is 0.733 bits per heavy atom. The standard InChI is InChI=1S/C43H36N2/c1-41(2)33-13-9-7-11-31(33)39-37(41)21-27(23-44-39)25-15-17-29-30-18-16-26(20-36(30)43(5,6)35(29)19-25)28-22-38-40(45-24-28)32-12-8-10-14-34(32)42(38,3)4/h7-24H,1-6H3. The Kier molecular flexibility index (Phi) is 5.12. The summed E-state index contributed by atoms with van der Waals surface area (Å²) in [5.41, 5.74) is 20.0. The molecule has 6 aromatic rings. The van der Waals surface area contributed by atoms with Crippen LogP contribution in [-0.2, 0) is 16.2 Å². The summed E-state index contributed by atoms with van der Waals surface area (Å²) in [5.74, 6) is 0. The highest BCUT2D eigenvalue weighted by atomic mass is 14.7. The summed E-state index contributed by atoms with van der Waals surface area (Å²) in [6.45, 7) is 14.0. The van der Waals surface area contributed by atoms with Crippen molar-refractivity contribution in [2.24, 2.45) is 0 Å². The van der Waals surface area contributed by atoms with Crippen molar-refractivity contribution in [3.8, 4) is 55.9 Å². The van der Waals surface area contributed by atoms with Gasteiger partial charge in [-0.15, -0.1) is 0 Å². The maximum atomic E-state index is 5.03. The fourth-order valence-corrected chi connectivity index (χ4v) is 8.48. The van der Waals surface area contributed by atoms with Gasteiger partial charge in [0.2, 0.25) is 0 Å². The molecule has 2 heterocycles. The summed E-state index contributed by atoms with van der Waals surface area (Å²) in [6.07, 6.45) is 4.12. The molecule has 45 heavy (non-hydrogen) atoms. The molecule has 2 aromatic heterocycles. The molecule has 0 radical (unpaired) electrons. The third-order valence-electron chi connectivity index (χ3n) is 11.2. The molecule has 3 aliphatic rings. The molecule has 3 aliphatic carbocycles. The van der Waals surface area contributed by atoms with Crippen LogP contribution in [0.15, 0.2) is 109 Å². The minimum absolute atomic E-state index is 0.0675. The van der Waals surface area contributed by atoms with Crippen LogP contribution in [-0.4, -0.2) is 9.97 Å². The Hall–Kier alpha value is -4.82. The van der Waals surface area contributed by atoms with Crippen molar-refractivity contribution in [3.05, 3.63) is 143 Å². The van der Waals surface area contributed by atoms with E-state index in [1.54, 1.807) is 0 Å². The third kappa shape index (κ3) is 3.46. The first-order valence-corrected chi connectivity index (χ1v) is 16.1. The normalized spacial score (nSPS) is 16.8. The van der Waals surface area contributed by atoms with Gasteiger partial charge in [0.25, 0.3) is 0 Å². The van der Waals surface area contributed by atoms with Gasteiger partial charge in [-0.1, -0.05) is 114 Å². The van der Waals surface area contributed by atoms with E-state index in [4.69, 9.17) is 9.97 Å². The van der Waals surface area contributed by atoms with Gasteiger partial charge in [0, 0.05) is 50.9 Å². The fourth-order valence-electron chi connectivity index (χ4n) is 8.48. The van der Waals surface area contributed by atoms with Crippen LogP contribution in [0.5, 0.6) is 0 Å². The Balaban J connectivity index is 1.10. The molecular weight excluding hydrogens is 544 g/mol. The maximum Gasteiger partial charge on any atom is 0.0746 e. The van der Waals surface area contributed by atoms with Gasteiger partial charge >= 0.3 is 0 Å². The first kappa shape index (κ1) is 26.6. The average Bonchev–Trinajstić information content (AvgIpc) is 3.53. The topological polar surface area (TPSA) is 25.8 Å². The van der Waals surface area contributed by atoms with Gasteiger partial charge in [0.15, 0.2) is 0 Å². The van der Waals surface area contributed by atoms with Gasteiger partial charge in [-0.2, -0.15) is 0 Å². The second-order valence-corrected chi connectivity index (χ2v) is 14.7. The highest BCUT2D eigenvalue weighted by Crippen LogP contribution is 2.53. The van der Waals surface area contributed by atoms with Gasteiger partial charge < -0.3 is 0 Å². The molecule has 0 aliphatic heterocycles. The van der Waals surface area contributed by atoms with Crippen molar-refractivity contribution in [2.75, 3.05) is 0 Å². The predicted octanol–water partition coefficient (Wildman–Crippen LogP) is 10.7. The van der Waals surface area contributed by atoms with E-state index in [9.17, 15) is 0 Å². The number of fused-ring (bicyclic) bond motifs is 9. The number of aromatic nitrogens is 2. The number of nitrogens with zero attached hydrogens (tertiary/aromatic N) is 2. The molecule has 2 heteroatoms. The van der Waals surface area contributed by atoms with Crippen LogP contribution in [0.4, 0.5) is 0 Å². The molecule has 9 rings (SSSR count). The van der Waals surface area contributed by atoms with Crippen LogP contribution in [0.3, 0.4) is 0 Å². The van der Waals surface area contributed by atoms with Gasteiger partial charge in [0.1, 0.15) is 0 Å². The van der Waals surface area contributed by atoms with E-state index in [2.05, 4.69) is 151 Å². The number of rotatable bonds is 2. The molecule has 0 saturated heterocycles. The molecular formula is C43H36N2. The van der Waals surface area contributed by atoms with Crippen molar-refractivity contribution < 1.29 is 0 Å². The van der Waals surface area contributed by atoms with Crippen LogP contribution in [0.25, 0.3) is 55.9 Å². The van der Waals surface area contributed by atoms with E-state index in [0.29, 0.717) is 0 Å². The lowest BCUT2D eigenvalue weighted by atomic mass is 9.80. The van der Waals surface area contributed by atoms with E-state index in [1.165, 1.54) is 77.9 Å². The van der Waals surface area contributed by atoms with Crippen molar-refractivity contribution in [2.45, 2.75) is 57.8 Å². The highest BCUT2D eigenvalue weighted by molar-refractivity contribution is 5.87. The van der Waals surface area contributed by atoms with Crippen molar-refractivity contribution in [1.82, 2.24) is 9.97 Å². The largest absolute Gasteiger partial charge is 0.255 e. The molecule has 4 aromatic carbocycles. The number of benzene rings is 4. The minimum atomic E-state index is -0.129. The molecule has 0 spiro atoms. The smallest absolute Gasteiger partial charge is 0.0746 e. The molecule has 218 valence electrons. The van der Waals surface area contributed by atoms with Crippen molar-refractivity contribution in [3.63, 3.8) is 0 Å². The zero-order valence-corrected chi connectivity index (χ0v) is 26.8. The third-order valence-corrected chi connectivity index (χ3v) is 11.2. The lowest BCUT2D eigenvalue weighted by molar-refractivity contribution is 0.658. The number of hydrogen-bond donors (Lipinski definition) is 0. The molecule has 0 amide bonds. The molecule has 0 bridgehead atoms. The lowest BCUT2D eigenvalue weighted by Gasteiger charge is -2.24. The molecule has 2 nitrogen and oxygen atoms in total. The van der Waals surface area contributed by atoms with E-state index in [-0.39, 0.29) is 16.2 Å². The zero-order chi connectivity index (χ0) is 30.9. The summed E-state index contributed by atoms with van der Waals surface area (Å²) < 4.78 is 0. The summed E-state index contributed by atoms with van der Waals surface area (Å²) in [5, 5.41) is 0. The Morgan fingerprint density at radius 1 is 0.356 bits per heavy atom. The van der Waals surface area contributed by atoms with E-state index in [1.807, 2.05) is 0 Å². The highest BCUT2D eigenvalue weighted by Gasteiger charge is 2.39. The van der Waals surface area contributed by atoms with Crippen molar-refractivity contribution >= 4 is 0 Å². The SMILES string of the molecule is CC1(C)c2cc(-c3cnc4c(c3)C(C)(C)c3ccccc3-4)ccc2-c2ccc(-c3cnc4c(c3)C(C)(C)c3ccccc3-4)cc21. The molecule has 0 saturated carbocycles. The average molecular weight is 581 g/mol. The van der Waals surface area contributed by atoms with Crippen LogP contribution in [0, 0.1) is 0 Å².